The topological polar surface area (TPSA) is 38.0 Å². The molecular formula is C41H28N4. The average Bonchev–Trinajstić information content (AvgIpc) is 3.55. The molecule has 0 fully saturated rings. The highest BCUT2D eigenvalue weighted by atomic mass is 15.0. The first-order valence-corrected chi connectivity index (χ1v) is 15.0. The third kappa shape index (κ3) is 3.97. The van der Waals surface area contributed by atoms with Gasteiger partial charge in [0, 0.05) is 32.8 Å². The molecule has 45 heavy (non-hydrogen) atoms. The quantitative estimate of drug-likeness (QED) is 0.193. The second kappa shape index (κ2) is 9.98. The van der Waals surface area contributed by atoms with Gasteiger partial charge in [0.1, 0.15) is 0 Å². The highest BCUT2D eigenvalue weighted by molar-refractivity contribution is 6.11. The van der Waals surface area contributed by atoms with Crippen molar-refractivity contribution in [3.63, 3.8) is 0 Å². The van der Waals surface area contributed by atoms with E-state index in [0.717, 1.165) is 66.5 Å². The molecule has 0 atom stereocenters. The summed E-state index contributed by atoms with van der Waals surface area (Å²) in [6, 6.07) is 42.4. The summed E-state index contributed by atoms with van der Waals surface area (Å²) in [7, 11) is 0. The minimum atomic E-state index is 0.572. The van der Waals surface area contributed by atoms with E-state index in [2.05, 4.69) is 138 Å². The third-order valence-electron chi connectivity index (χ3n) is 9.00. The van der Waals surface area contributed by atoms with Crippen LogP contribution >= 0.6 is 0 Å². The Bertz CT molecular complexity index is 2600. The number of aryl methyl sites for hydroxylation is 3. The third-order valence-corrected chi connectivity index (χ3v) is 9.00. The van der Waals surface area contributed by atoms with Crippen LogP contribution in [-0.2, 0) is 0 Å². The molecule has 8 rings (SSSR count). The van der Waals surface area contributed by atoms with Crippen molar-refractivity contribution in [1.82, 2.24) is 9.13 Å². The molecule has 0 saturated carbocycles. The molecule has 2 aromatic heterocycles. The van der Waals surface area contributed by atoms with Crippen molar-refractivity contribution in [1.29, 1.82) is 5.26 Å². The average molecular weight is 577 g/mol. The molecule has 2 heterocycles. The summed E-state index contributed by atoms with van der Waals surface area (Å²) in [6.07, 6.45) is 0. The molecule has 0 bridgehead atoms. The van der Waals surface area contributed by atoms with E-state index in [1.807, 2.05) is 18.2 Å². The van der Waals surface area contributed by atoms with Crippen LogP contribution in [0.4, 0.5) is 5.69 Å². The van der Waals surface area contributed by atoms with Gasteiger partial charge in [-0.25, -0.2) is 4.85 Å². The lowest BCUT2D eigenvalue weighted by Gasteiger charge is -2.20. The maximum atomic E-state index is 9.66. The van der Waals surface area contributed by atoms with Crippen molar-refractivity contribution in [2.45, 2.75) is 20.8 Å². The zero-order chi connectivity index (χ0) is 30.8. The van der Waals surface area contributed by atoms with Crippen molar-refractivity contribution in [3.8, 4) is 28.6 Å². The van der Waals surface area contributed by atoms with Crippen molar-refractivity contribution in [3.05, 3.63) is 149 Å². The van der Waals surface area contributed by atoms with Crippen LogP contribution in [0.25, 0.3) is 71.0 Å². The molecule has 4 heteroatoms. The molecule has 6 aromatic carbocycles. The number of rotatable bonds is 3. The molecule has 0 spiro atoms. The lowest BCUT2D eigenvalue weighted by Crippen LogP contribution is -2.02. The summed E-state index contributed by atoms with van der Waals surface area (Å²) in [6.45, 7) is 14.7. The van der Waals surface area contributed by atoms with E-state index in [-0.39, 0.29) is 0 Å². The fraction of sp³-hybridized carbons (Fsp3) is 0.0732. The summed E-state index contributed by atoms with van der Waals surface area (Å²) < 4.78 is 4.55. The number of nitriles is 1. The van der Waals surface area contributed by atoms with Gasteiger partial charge in [-0.2, -0.15) is 5.26 Å². The Morgan fingerprint density at radius 3 is 1.67 bits per heavy atom. The maximum absolute atomic E-state index is 9.66. The Morgan fingerprint density at radius 1 is 0.556 bits per heavy atom. The first-order chi connectivity index (χ1) is 22.0. The fourth-order valence-electron chi connectivity index (χ4n) is 6.95. The van der Waals surface area contributed by atoms with Crippen LogP contribution < -0.4 is 0 Å². The summed E-state index contributed by atoms with van der Waals surface area (Å²) in [5.41, 5.74) is 12.7. The smallest absolute Gasteiger partial charge is 0.212 e. The standard InChI is InChI=1S/C41H28N4/c1-25-13-16-32-30-9-5-7-11-36(30)44(38(32)19-25)40-23-35(43-4)41(22-34(40)29-18-15-28(24-42)21-27(29)3)45-37-12-8-6-10-31(37)33-17-14-26(2)20-39(33)45/h5-23H,1-3H3. The van der Waals surface area contributed by atoms with E-state index in [4.69, 9.17) is 6.57 Å². The second-order valence-corrected chi connectivity index (χ2v) is 11.9. The highest BCUT2D eigenvalue weighted by Gasteiger charge is 2.22. The van der Waals surface area contributed by atoms with E-state index in [9.17, 15) is 5.26 Å². The summed E-state index contributed by atoms with van der Waals surface area (Å²) in [5, 5.41) is 14.3. The number of fused-ring (bicyclic) bond motifs is 6. The highest BCUT2D eigenvalue weighted by Crippen LogP contribution is 2.43. The summed E-state index contributed by atoms with van der Waals surface area (Å²) in [4.78, 5) is 4.17. The Morgan fingerprint density at radius 2 is 1.11 bits per heavy atom. The molecule has 4 nitrogen and oxygen atoms in total. The van der Waals surface area contributed by atoms with Crippen LogP contribution in [0.5, 0.6) is 0 Å². The minimum Gasteiger partial charge on any atom is -0.319 e. The van der Waals surface area contributed by atoms with Crippen LogP contribution in [0.1, 0.15) is 22.3 Å². The number of para-hydroxylation sites is 2. The van der Waals surface area contributed by atoms with Gasteiger partial charge in [0.05, 0.1) is 46.0 Å². The number of nitrogens with zero attached hydrogens (tertiary/aromatic N) is 4. The van der Waals surface area contributed by atoms with Gasteiger partial charge < -0.3 is 9.13 Å². The van der Waals surface area contributed by atoms with Gasteiger partial charge in [-0.3, -0.25) is 0 Å². The van der Waals surface area contributed by atoms with Crippen molar-refractivity contribution >= 4 is 49.3 Å². The number of benzene rings is 6. The molecular weight excluding hydrogens is 548 g/mol. The monoisotopic (exact) mass is 576 g/mol. The summed E-state index contributed by atoms with van der Waals surface area (Å²) in [5.74, 6) is 0. The second-order valence-electron chi connectivity index (χ2n) is 11.9. The number of hydrogen-bond acceptors (Lipinski definition) is 1. The van der Waals surface area contributed by atoms with Crippen molar-refractivity contribution in [2.75, 3.05) is 0 Å². The van der Waals surface area contributed by atoms with Gasteiger partial charge in [-0.15, -0.1) is 0 Å². The van der Waals surface area contributed by atoms with Gasteiger partial charge in [0.15, 0.2) is 0 Å². The molecule has 8 aromatic rings. The van der Waals surface area contributed by atoms with E-state index in [0.29, 0.717) is 11.3 Å². The SMILES string of the molecule is [C-]#[N+]c1cc(-n2c3ccccc3c3ccc(C)cc32)c(-c2ccc(C#N)cc2C)cc1-n1c2ccccc2c2ccc(C)cc21. The fourth-order valence-corrected chi connectivity index (χ4v) is 6.95. The number of hydrogen-bond donors (Lipinski definition) is 0. The molecule has 0 radical (unpaired) electrons. The predicted octanol–water partition coefficient (Wildman–Crippen LogP) is 10.9. The van der Waals surface area contributed by atoms with Gasteiger partial charge in [-0.05, 0) is 91.6 Å². The maximum Gasteiger partial charge on any atom is 0.212 e. The summed E-state index contributed by atoms with van der Waals surface area (Å²) >= 11 is 0. The van der Waals surface area contributed by atoms with Gasteiger partial charge in [0.25, 0.3) is 0 Å². The van der Waals surface area contributed by atoms with Crippen LogP contribution in [0, 0.1) is 38.7 Å². The Balaban J connectivity index is 1.55. The van der Waals surface area contributed by atoms with Crippen LogP contribution in [0.2, 0.25) is 0 Å². The van der Waals surface area contributed by atoms with E-state index in [1.165, 1.54) is 16.3 Å². The molecule has 0 aliphatic rings. The molecule has 212 valence electrons. The zero-order valence-corrected chi connectivity index (χ0v) is 25.3. The lowest BCUT2D eigenvalue weighted by atomic mass is 9.95. The Hall–Kier alpha value is -6.10. The van der Waals surface area contributed by atoms with Crippen LogP contribution in [0.3, 0.4) is 0 Å². The molecule has 0 N–H and O–H groups in total. The largest absolute Gasteiger partial charge is 0.319 e. The minimum absolute atomic E-state index is 0.572. The normalized spacial score (nSPS) is 11.4. The van der Waals surface area contributed by atoms with Crippen molar-refractivity contribution in [2.24, 2.45) is 0 Å². The van der Waals surface area contributed by atoms with E-state index >= 15 is 0 Å². The lowest BCUT2D eigenvalue weighted by molar-refractivity contribution is 1.15. The number of aromatic nitrogens is 2. The molecule has 0 amide bonds. The van der Waals surface area contributed by atoms with Gasteiger partial charge >= 0.3 is 0 Å². The van der Waals surface area contributed by atoms with Crippen molar-refractivity contribution < 1.29 is 0 Å². The molecule has 0 aliphatic carbocycles. The molecule has 0 saturated heterocycles. The predicted molar refractivity (Wildman–Crippen MR) is 186 cm³/mol. The van der Waals surface area contributed by atoms with Gasteiger partial charge in [-0.1, -0.05) is 66.7 Å². The molecule has 0 unspecified atom stereocenters. The Kier molecular flexibility index (Phi) is 5.88. The van der Waals surface area contributed by atoms with Crippen LogP contribution in [-0.4, -0.2) is 9.13 Å². The zero-order valence-electron chi connectivity index (χ0n) is 25.3. The Labute approximate surface area is 261 Å². The van der Waals surface area contributed by atoms with Crippen LogP contribution in [0.15, 0.2) is 115 Å². The molecule has 0 aliphatic heterocycles. The van der Waals surface area contributed by atoms with E-state index in [1.54, 1.807) is 0 Å². The van der Waals surface area contributed by atoms with E-state index < -0.39 is 0 Å². The first-order valence-electron chi connectivity index (χ1n) is 15.0. The van der Waals surface area contributed by atoms with Gasteiger partial charge in [0.2, 0.25) is 5.69 Å². The first kappa shape index (κ1) is 26.5.